The van der Waals surface area contributed by atoms with E-state index in [-0.39, 0.29) is 6.71 Å². The number of hydrogen-bond donors (Lipinski definition) is 0. The molecular weight excluding hydrogens is 844 g/mol. The van der Waals surface area contributed by atoms with Gasteiger partial charge in [0, 0.05) is 34.1 Å². The van der Waals surface area contributed by atoms with Gasteiger partial charge in [0.1, 0.15) is 0 Å². The molecule has 2 nitrogen and oxygen atoms in total. The number of anilines is 6. The van der Waals surface area contributed by atoms with Crippen molar-refractivity contribution in [2.45, 2.75) is 20.8 Å². The van der Waals surface area contributed by atoms with Gasteiger partial charge in [-0.05, 0) is 170 Å². The van der Waals surface area contributed by atoms with E-state index in [1.807, 2.05) is 0 Å². The molecule has 13 rings (SSSR count). The Hall–Kier alpha value is -8.66. The van der Waals surface area contributed by atoms with Gasteiger partial charge in [-0.2, -0.15) is 0 Å². The van der Waals surface area contributed by atoms with Gasteiger partial charge in [-0.1, -0.05) is 193 Å². The highest BCUT2D eigenvalue weighted by atomic mass is 15.2. The first kappa shape index (κ1) is 41.5. The average molecular weight is 893 g/mol. The Bertz CT molecular complexity index is 3490. The van der Waals surface area contributed by atoms with Crippen LogP contribution >= 0.6 is 0 Å². The summed E-state index contributed by atoms with van der Waals surface area (Å²) in [7, 11) is 0. The molecule has 0 aliphatic carbocycles. The summed E-state index contributed by atoms with van der Waals surface area (Å²) >= 11 is 0. The fourth-order valence-corrected chi connectivity index (χ4v) is 11.4. The number of aryl methyl sites for hydroxylation is 3. The van der Waals surface area contributed by atoms with Crippen LogP contribution in [0.3, 0.4) is 0 Å². The Morgan fingerprint density at radius 1 is 0.300 bits per heavy atom. The van der Waals surface area contributed by atoms with Crippen molar-refractivity contribution in [1.29, 1.82) is 0 Å². The van der Waals surface area contributed by atoms with Crippen molar-refractivity contribution >= 4 is 68.0 Å². The van der Waals surface area contributed by atoms with Gasteiger partial charge in [-0.25, -0.2) is 0 Å². The molecule has 3 heteroatoms. The molecule has 0 amide bonds. The van der Waals surface area contributed by atoms with Gasteiger partial charge < -0.3 is 9.80 Å². The van der Waals surface area contributed by atoms with E-state index in [0.29, 0.717) is 0 Å². The minimum absolute atomic E-state index is 0.0261. The maximum absolute atomic E-state index is 2.59. The molecule has 0 bridgehead atoms. The van der Waals surface area contributed by atoms with Crippen LogP contribution in [0.1, 0.15) is 16.7 Å². The highest BCUT2D eigenvalue weighted by Gasteiger charge is 2.44. The van der Waals surface area contributed by atoms with Crippen molar-refractivity contribution in [3.8, 4) is 55.6 Å². The molecule has 11 aromatic carbocycles. The van der Waals surface area contributed by atoms with Crippen LogP contribution in [0.2, 0.25) is 0 Å². The summed E-state index contributed by atoms with van der Waals surface area (Å²) in [6, 6.07) is 90.4. The molecule has 0 saturated heterocycles. The summed E-state index contributed by atoms with van der Waals surface area (Å²) in [5, 5.41) is 2.48. The molecule has 0 spiro atoms. The first-order chi connectivity index (χ1) is 34.4. The third kappa shape index (κ3) is 7.04. The van der Waals surface area contributed by atoms with E-state index in [9.17, 15) is 0 Å². The lowest BCUT2D eigenvalue weighted by atomic mass is 9.33. The number of nitrogens with zero attached hydrogens (tertiary/aromatic N) is 2. The monoisotopic (exact) mass is 892 g/mol. The molecule has 11 aromatic rings. The Balaban J connectivity index is 1.17. The number of rotatable bonds is 7. The Morgan fingerprint density at radius 3 is 1.13 bits per heavy atom. The van der Waals surface area contributed by atoms with Crippen LogP contribution < -0.4 is 26.2 Å². The van der Waals surface area contributed by atoms with Crippen molar-refractivity contribution in [2.75, 3.05) is 9.80 Å². The van der Waals surface area contributed by atoms with Gasteiger partial charge in [0.25, 0.3) is 6.71 Å². The Labute approximate surface area is 411 Å². The Kier molecular flexibility index (Phi) is 9.99. The van der Waals surface area contributed by atoms with Gasteiger partial charge in [0.05, 0.1) is 0 Å². The maximum Gasteiger partial charge on any atom is 0.252 e. The van der Waals surface area contributed by atoms with Gasteiger partial charge in [0.2, 0.25) is 0 Å². The van der Waals surface area contributed by atoms with E-state index in [1.165, 1.54) is 122 Å². The smallest absolute Gasteiger partial charge is 0.252 e. The zero-order valence-corrected chi connectivity index (χ0v) is 39.6. The Morgan fingerprint density at radius 2 is 0.700 bits per heavy atom. The van der Waals surface area contributed by atoms with Gasteiger partial charge in [-0.15, -0.1) is 0 Å². The molecule has 0 unspecified atom stereocenters. The van der Waals surface area contributed by atoms with E-state index in [0.717, 1.165) is 11.4 Å². The van der Waals surface area contributed by atoms with Crippen molar-refractivity contribution in [1.82, 2.24) is 0 Å². The first-order valence-electron chi connectivity index (χ1n) is 24.4. The second-order valence-electron chi connectivity index (χ2n) is 19.1. The van der Waals surface area contributed by atoms with E-state index in [4.69, 9.17) is 0 Å². The zero-order valence-electron chi connectivity index (χ0n) is 39.6. The molecule has 2 aliphatic rings. The maximum atomic E-state index is 2.59. The van der Waals surface area contributed by atoms with Crippen LogP contribution in [0.4, 0.5) is 34.1 Å². The highest BCUT2D eigenvalue weighted by molar-refractivity contribution is 7.00. The first-order valence-corrected chi connectivity index (χ1v) is 24.4. The SMILES string of the molecule is Cc1ccc2c(c1)B1c3cc(C)ccc3N(c3cc(-c4ccccc4)cc(-c4ccccc4)c3)c3cc(-c4c(C)ccc5ccccc45)cc(c31)N2c1cc(-c2ccccc2)cc(-c2ccccc2)c1. The summed E-state index contributed by atoms with van der Waals surface area (Å²) in [6.45, 7) is 6.72. The fourth-order valence-electron chi connectivity index (χ4n) is 11.4. The quantitative estimate of drug-likeness (QED) is 0.147. The predicted molar refractivity (Wildman–Crippen MR) is 299 cm³/mol. The van der Waals surface area contributed by atoms with E-state index < -0.39 is 0 Å². The summed E-state index contributed by atoms with van der Waals surface area (Å²) in [5.41, 5.74) is 26.6. The third-order valence-electron chi connectivity index (χ3n) is 14.6. The lowest BCUT2D eigenvalue weighted by molar-refractivity contribution is 1.25. The summed E-state index contributed by atoms with van der Waals surface area (Å²) in [5.74, 6) is 0. The van der Waals surface area contributed by atoms with Crippen molar-refractivity contribution in [3.63, 3.8) is 0 Å². The minimum atomic E-state index is -0.0261. The normalized spacial score (nSPS) is 12.4. The van der Waals surface area contributed by atoms with E-state index in [2.05, 4.69) is 273 Å². The molecule has 2 heterocycles. The predicted octanol–water partition coefficient (Wildman–Crippen LogP) is 16.2. The van der Waals surface area contributed by atoms with Crippen LogP contribution in [0, 0.1) is 20.8 Å². The van der Waals surface area contributed by atoms with Crippen LogP contribution in [0.25, 0.3) is 66.4 Å². The van der Waals surface area contributed by atoms with Gasteiger partial charge in [0.15, 0.2) is 0 Å². The molecule has 0 atom stereocenters. The number of hydrogen-bond acceptors (Lipinski definition) is 2. The van der Waals surface area contributed by atoms with Crippen LogP contribution in [-0.4, -0.2) is 6.71 Å². The lowest BCUT2D eigenvalue weighted by Crippen LogP contribution is -2.61. The standard InChI is InChI=1S/C67H49BN2/c1-44-28-32-62-60(34-44)68-61-35-45(2)29-33-63(61)70(58-40-54(49-22-12-6-13-23-49)37-55(41-58)50-24-14-7-15-25-50)65-43-56(66-46(3)30-31-51-26-16-17-27-59(51)66)42-64(67(65)68)69(62)57-38-52(47-18-8-4-9-19-47)36-53(39-57)48-20-10-5-11-21-48/h4-43H,1-3H3. The molecule has 0 radical (unpaired) electrons. The largest absolute Gasteiger partial charge is 0.311 e. The molecule has 330 valence electrons. The molecule has 0 aromatic heterocycles. The molecule has 0 N–H and O–H groups in total. The van der Waals surface area contributed by atoms with Crippen molar-refractivity contribution in [2.24, 2.45) is 0 Å². The van der Waals surface area contributed by atoms with Crippen LogP contribution in [0.15, 0.2) is 243 Å². The average Bonchev–Trinajstić information content (AvgIpc) is 3.41. The van der Waals surface area contributed by atoms with Crippen LogP contribution in [0.5, 0.6) is 0 Å². The summed E-state index contributed by atoms with van der Waals surface area (Å²) in [6.07, 6.45) is 0. The van der Waals surface area contributed by atoms with Crippen molar-refractivity contribution < 1.29 is 0 Å². The molecule has 2 aliphatic heterocycles. The van der Waals surface area contributed by atoms with E-state index in [1.54, 1.807) is 0 Å². The lowest BCUT2D eigenvalue weighted by Gasteiger charge is -2.45. The van der Waals surface area contributed by atoms with Crippen molar-refractivity contribution in [3.05, 3.63) is 259 Å². The topological polar surface area (TPSA) is 6.48 Å². The van der Waals surface area contributed by atoms with Crippen LogP contribution in [-0.2, 0) is 0 Å². The highest BCUT2D eigenvalue weighted by Crippen LogP contribution is 2.49. The molecule has 0 saturated carbocycles. The molecule has 0 fully saturated rings. The van der Waals surface area contributed by atoms with E-state index >= 15 is 0 Å². The fraction of sp³-hybridized carbons (Fsp3) is 0.0448. The zero-order chi connectivity index (χ0) is 46.9. The molecular formula is C67H49BN2. The third-order valence-corrected chi connectivity index (χ3v) is 14.6. The number of benzene rings is 11. The van der Waals surface area contributed by atoms with Gasteiger partial charge >= 0.3 is 0 Å². The second kappa shape index (κ2) is 16.8. The summed E-state index contributed by atoms with van der Waals surface area (Å²) in [4.78, 5) is 5.17. The molecule has 70 heavy (non-hydrogen) atoms. The summed E-state index contributed by atoms with van der Waals surface area (Å²) < 4.78 is 0. The van der Waals surface area contributed by atoms with Gasteiger partial charge in [-0.3, -0.25) is 0 Å². The second-order valence-corrected chi connectivity index (χ2v) is 19.1. The number of fused-ring (bicyclic) bond motifs is 5. The minimum Gasteiger partial charge on any atom is -0.311 e.